The number of carbonyl (C=O) groups is 2. The maximum Gasteiger partial charge on any atom is 0.339 e. The number of benzene rings is 1. The van der Waals surface area contributed by atoms with Gasteiger partial charge in [0.25, 0.3) is 0 Å². The van der Waals surface area contributed by atoms with Crippen molar-refractivity contribution in [2.45, 2.75) is 6.42 Å². The summed E-state index contributed by atoms with van der Waals surface area (Å²) in [5.74, 6) is -1.52. The fraction of sp³-hybridized carbons (Fsp3) is 0.385. The minimum atomic E-state index is -1.13. The molecule has 0 radical (unpaired) electrons. The number of ether oxygens (including phenoxy) is 2. The predicted molar refractivity (Wildman–Crippen MR) is 62.6 cm³/mol. The van der Waals surface area contributed by atoms with Gasteiger partial charge in [-0.25, -0.2) is 9.59 Å². The van der Waals surface area contributed by atoms with Crippen LogP contribution in [0.4, 0.5) is 0 Å². The van der Waals surface area contributed by atoms with Gasteiger partial charge in [-0.05, 0) is 18.6 Å². The normalized spacial score (nSPS) is 18.6. The van der Waals surface area contributed by atoms with Crippen molar-refractivity contribution in [3.8, 4) is 0 Å². The van der Waals surface area contributed by atoms with E-state index in [1.54, 1.807) is 12.1 Å². The highest BCUT2D eigenvalue weighted by Gasteiger charge is 2.20. The van der Waals surface area contributed by atoms with Crippen LogP contribution in [0.2, 0.25) is 0 Å². The average Bonchev–Trinajstić information content (AvgIpc) is 2.89. The van der Waals surface area contributed by atoms with E-state index in [2.05, 4.69) is 0 Å². The van der Waals surface area contributed by atoms with E-state index in [-0.39, 0.29) is 23.7 Å². The van der Waals surface area contributed by atoms with E-state index in [4.69, 9.17) is 14.6 Å². The lowest BCUT2D eigenvalue weighted by molar-refractivity contribution is 0.0420. The van der Waals surface area contributed by atoms with Gasteiger partial charge in [0.1, 0.15) is 0 Å². The van der Waals surface area contributed by atoms with Gasteiger partial charge in [-0.15, -0.1) is 0 Å². The van der Waals surface area contributed by atoms with E-state index in [1.807, 2.05) is 0 Å². The van der Waals surface area contributed by atoms with Gasteiger partial charge in [0.2, 0.25) is 0 Å². The first-order valence-electron chi connectivity index (χ1n) is 5.75. The number of hydrogen-bond donors (Lipinski definition) is 1. The minimum Gasteiger partial charge on any atom is -0.478 e. The highest BCUT2D eigenvalue weighted by atomic mass is 16.5. The second-order valence-electron chi connectivity index (χ2n) is 4.18. The monoisotopic (exact) mass is 250 g/mol. The van der Waals surface area contributed by atoms with Crippen LogP contribution >= 0.6 is 0 Å². The van der Waals surface area contributed by atoms with Crippen LogP contribution in [0.15, 0.2) is 24.3 Å². The molecule has 1 N–H and O–H groups in total. The Bertz CT molecular complexity index is 448. The van der Waals surface area contributed by atoms with Gasteiger partial charge >= 0.3 is 11.9 Å². The summed E-state index contributed by atoms with van der Waals surface area (Å²) >= 11 is 0. The molecule has 1 aromatic carbocycles. The summed E-state index contributed by atoms with van der Waals surface area (Å²) in [7, 11) is 0. The largest absolute Gasteiger partial charge is 0.478 e. The third-order valence-electron chi connectivity index (χ3n) is 2.85. The van der Waals surface area contributed by atoms with Crippen molar-refractivity contribution in [3.05, 3.63) is 35.4 Å². The second-order valence-corrected chi connectivity index (χ2v) is 4.18. The molecule has 1 aromatic rings. The Morgan fingerprint density at radius 2 is 2.06 bits per heavy atom. The van der Waals surface area contributed by atoms with Crippen LogP contribution < -0.4 is 0 Å². The van der Waals surface area contributed by atoms with Crippen LogP contribution in [0, 0.1) is 5.92 Å². The van der Waals surface area contributed by atoms with Crippen LogP contribution in [0.1, 0.15) is 27.1 Å². The van der Waals surface area contributed by atoms with Crippen LogP contribution in [-0.4, -0.2) is 36.9 Å². The van der Waals surface area contributed by atoms with Gasteiger partial charge in [-0.2, -0.15) is 0 Å². The molecule has 0 spiro atoms. The summed E-state index contributed by atoms with van der Waals surface area (Å²) in [4.78, 5) is 22.8. The van der Waals surface area contributed by atoms with Gasteiger partial charge < -0.3 is 14.6 Å². The first kappa shape index (κ1) is 12.6. The van der Waals surface area contributed by atoms with E-state index in [0.29, 0.717) is 13.2 Å². The third kappa shape index (κ3) is 2.87. The molecule has 0 amide bonds. The summed E-state index contributed by atoms with van der Waals surface area (Å²) < 4.78 is 10.3. The molecule has 18 heavy (non-hydrogen) atoms. The summed E-state index contributed by atoms with van der Waals surface area (Å²) in [5, 5.41) is 8.97. The van der Waals surface area contributed by atoms with Gasteiger partial charge in [-0.1, -0.05) is 12.1 Å². The molecule has 96 valence electrons. The molecule has 1 aliphatic rings. The van der Waals surface area contributed by atoms with Gasteiger partial charge in [0, 0.05) is 12.5 Å². The summed E-state index contributed by atoms with van der Waals surface area (Å²) in [6.07, 6.45) is 0.869. The minimum absolute atomic E-state index is 0.0369. The molecule has 1 fully saturated rings. The molecule has 0 bridgehead atoms. The van der Waals surface area contributed by atoms with Crippen LogP contribution in [-0.2, 0) is 9.47 Å². The summed E-state index contributed by atoms with van der Waals surface area (Å²) in [6, 6.07) is 6.03. The Kier molecular flexibility index (Phi) is 3.94. The lowest BCUT2D eigenvalue weighted by atomic mass is 10.1. The molecule has 0 aromatic heterocycles. The van der Waals surface area contributed by atoms with E-state index < -0.39 is 11.9 Å². The first-order chi connectivity index (χ1) is 8.68. The lowest BCUT2D eigenvalue weighted by Gasteiger charge is -2.10. The maximum atomic E-state index is 11.8. The van der Waals surface area contributed by atoms with Crippen LogP contribution in [0.5, 0.6) is 0 Å². The van der Waals surface area contributed by atoms with Crippen molar-refractivity contribution in [2.75, 3.05) is 19.8 Å². The van der Waals surface area contributed by atoms with Crippen LogP contribution in [0.3, 0.4) is 0 Å². The lowest BCUT2D eigenvalue weighted by Crippen LogP contribution is -2.16. The summed E-state index contributed by atoms with van der Waals surface area (Å²) in [6.45, 7) is 1.55. The molecule has 5 nitrogen and oxygen atoms in total. The summed E-state index contributed by atoms with van der Waals surface area (Å²) in [5.41, 5.74) is 0.0501. The van der Waals surface area contributed by atoms with Gasteiger partial charge in [-0.3, -0.25) is 0 Å². The van der Waals surface area contributed by atoms with E-state index in [1.165, 1.54) is 12.1 Å². The first-order valence-corrected chi connectivity index (χ1v) is 5.75. The van der Waals surface area contributed by atoms with Gasteiger partial charge in [0.15, 0.2) is 0 Å². The molecule has 1 aliphatic heterocycles. The van der Waals surface area contributed by atoms with E-state index in [0.717, 1.165) is 6.42 Å². The Morgan fingerprint density at radius 1 is 1.33 bits per heavy atom. The Balaban J connectivity index is 2.01. The quantitative estimate of drug-likeness (QED) is 0.821. The number of hydrogen-bond acceptors (Lipinski definition) is 4. The van der Waals surface area contributed by atoms with Crippen molar-refractivity contribution in [3.63, 3.8) is 0 Å². The smallest absolute Gasteiger partial charge is 0.339 e. The van der Waals surface area contributed by atoms with E-state index >= 15 is 0 Å². The predicted octanol–water partition coefficient (Wildman–Crippen LogP) is 1.58. The third-order valence-corrected chi connectivity index (χ3v) is 2.85. The molecular weight excluding hydrogens is 236 g/mol. The second kappa shape index (κ2) is 5.64. The standard InChI is InChI=1S/C13H14O5/c14-12(15)10-3-1-2-4-11(10)13(16)18-8-9-5-6-17-7-9/h1-4,9H,5-8H2,(H,14,15)/t9-/m1/s1. The Labute approximate surface area is 104 Å². The van der Waals surface area contributed by atoms with Crippen molar-refractivity contribution in [2.24, 2.45) is 5.92 Å². The van der Waals surface area contributed by atoms with Crippen molar-refractivity contribution in [1.82, 2.24) is 0 Å². The molecule has 2 rings (SSSR count). The fourth-order valence-electron chi connectivity index (χ4n) is 1.83. The molecule has 0 saturated carbocycles. The number of aromatic carboxylic acids is 1. The number of carbonyl (C=O) groups excluding carboxylic acids is 1. The molecule has 0 unspecified atom stereocenters. The number of carboxylic acid groups (broad SMARTS) is 1. The van der Waals surface area contributed by atoms with Crippen molar-refractivity contribution in [1.29, 1.82) is 0 Å². The highest BCUT2D eigenvalue weighted by Crippen LogP contribution is 2.15. The molecule has 1 heterocycles. The van der Waals surface area contributed by atoms with Crippen molar-refractivity contribution < 1.29 is 24.2 Å². The molecular formula is C13H14O5. The Morgan fingerprint density at radius 3 is 2.67 bits per heavy atom. The maximum absolute atomic E-state index is 11.8. The van der Waals surface area contributed by atoms with Crippen LogP contribution in [0.25, 0.3) is 0 Å². The SMILES string of the molecule is O=C(O)c1ccccc1C(=O)OC[C@@H]1CCOC1. The molecule has 5 heteroatoms. The highest BCUT2D eigenvalue weighted by molar-refractivity contribution is 6.02. The number of esters is 1. The van der Waals surface area contributed by atoms with Crippen molar-refractivity contribution >= 4 is 11.9 Å². The zero-order chi connectivity index (χ0) is 13.0. The zero-order valence-corrected chi connectivity index (χ0v) is 9.80. The number of carboxylic acids is 1. The van der Waals surface area contributed by atoms with Gasteiger partial charge in [0.05, 0.1) is 24.3 Å². The zero-order valence-electron chi connectivity index (χ0n) is 9.80. The average molecular weight is 250 g/mol. The Hall–Kier alpha value is -1.88. The molecule has 1 saturated heterocycles. The molecule has 0 aliphatic carbocycles. The topological polar surface area (TPSA) is 72.8 Å². The van der Waals surface area contributed by atoms with E-state index in [9.17, 15) is 9.59 Å². The fourth-order valence-corrected chi connectivity index (χ4v) is 1.83. The molecule has 1 atom stereocenters. The number of rotatable bonds is 4.